The molecule has 0 saturated carbocycles. The van der Waals surface area contributed by atoms with Crippen LogP contribution in [0.1, 0.15) is 32.0 Å². The molecule has 8 heteroatoms. The summed E-state index contributed by atoms with van der Waals surface area (Å²) >= 11 is 1.57. The predicted molar refractivity (Wildman–Crippen MR) is 103 cm³/mol. The van der Waals surface area contributed by atoms with Crippen LogP contribution in [0.25, 0.3) is 0 Å². The number of amides is 1. The molecule has 0 aromatic carbocycles. The van der Waals surface area contributed by atoms with E-state index in [2.05, 4.69) is 21.9 Å². The summed E-state index contributed by atoms with van der Waals surface area (Å²) in [6.45, 7) is 7.53. The minimum Gasteiger partial charge on any atom is -0.396 e. The van der Waals surface area contributed by atoms with Gasteiger partial charge >= 0.3 is 0 Å². The topological polar surface area (TPSA) is 74.5 Å². The maximum absolute atomic E-state index is 12.2. The molecule has 1 atom stereocenters. The number of aryl methyl sites for hydroxylation is 1. The zero-order valence-corrected chi connectivity index (χ0v) is 16.7. The third kappa shape index (κ3) is 4.07. The monoisotopic (exact) mass is 381 g/mol. The van der Waals surface area contributed by atoms with Crippen LogP contribution in [-0.4, -0.2) is 80.4 Å². The van der Waals surface area contributed by atoms with Gasteiger partial charge in [-0.3, -0.25) is 9.69 Å². The van der Waals surface area contributed by atoms with Crippen LogP contribution >= 0.6 is 11.8 Å². The normalized spacial score (nSPS) is 23.5. The van der Waals surface area contributed by atoms with Crippen molar-refractivity contribution in [2.45, 2.75) is 39.3 Å². The molecule has 26 heavy (non-hydrogen) atoms. The molecule has 7 nitrogen and oxygen atoms in total. The quantitative estimate of drug-likeness (QED) is 0.795. The summed E-state index contributed by atoms with van der Waals surface area (Å²) in [5.74, 6) is 1.97. The number of aliphatic hydroxyl groups excluding tert-OH is 1. The average Bonchev–Trinajstić information content (AvgIpc) is 3.11. The Morgan fingerprint density at radius 1 is 1.35 bits per heavy atom. The maximum Gasteiger partial charge on any atom is 0.232 e. The second-order valence-corrected chi connectivity index (χ2v) is 8.40. The zero-order chi connectivity index (χ0) is 18.6. The number of aliphatic hydroxyl groups is 1. The molecule has 2 fully saturated rings. The van der Waals surface area contributed by atoms with Gasteiger partial charge in [-0.25, -0.2) is 9.67 Å². The van der Waals surface area contributed by atoms with Gasteiger partial charge in [-0.15, -0.1) is 0 Å². The highest BCUT2D eigenvalue weighted by atomic mass is 32.2. The molecule has 0 unspecified atom stereocenters. The standard InChI is InChI=1S/C18H31N5O2S/c1-3-23-16(19-14-20-23)11-21-7-4-18(5-8-21)6-9-22(10-15(18)12-24)17(25)13-26-2/h14-15,24H,3-13H2,1-2H3/t15-/m0/s1. The molecule has 3 rings (SSSR count). The van der Waals surface area contributed by atoms with E-state index in [0.717, 1.165) is 57.8 Å². The number of hydrogen-bond donors (Lipinski definition) is 1. The molecule has 3 heterocycles. The fourth-order valence-electron chi connectivity index (χ4n) is 4.49. The van der Waals surface area contributed by atoms with Gasteiger partial charge in [0.25, 0.3) is 0 Å². The third-order valence-electron chi connectivity index (χ3n) is 6.24. The summed E-state index contributed by atoms with van der Waals surface area (Å²) in [6, 6.07) is 0. The van der Waals surface area contributed by atoms with Gasteiger partial charge in [0.2, 0.25) is 5.91 Å². The molecule has 1 amide bonds. The van der Waals surface area contributed by atoms with E-state index < -0.39 is 0 Å². The minimum absolute atomic E-state index is 0.174. The first-order chi connectivity index (χ1) is 12.6. The largest absolute Gasteiger partial charge is 0.396 e. The lowest BCUT2D eigenvalue weighted by Gasteiger charge is -2.51. The lowest BCUT2D eigenvalue weighted by atomic mass is 9.64. The average molecular weight is 382 g/mol. The van der Waals surface area contributed by atoms with Crippen LogP contribution in [0.4, 0.5) is 0 Å². The van der Waals surface area contributed by atoms with Crippen LogP contribution in [0.15, 0.2) is 6.33 Å². The lowest BCUT2D eigenvalue weighted by Crippen LogP contribution is -2.54. The number of piperidine rings is 2. The number of rotatable bonds is 6. The zero-order valence-electron chi connectivity index (χ0n) is 15.9. The predicted octanol–water partition coefficient (Wildman–Crippen LogP) is 1.08. The highest BCUT2D eigenvalue weighted by Crippen LogP contribution is 2.45. The van der Waals surface area contributed by atoms with Gasteiger partial charge in [-0.2, -0.15) is 16.9 Å². The Morgan fingerprint density at radius 3 is 2.73 bits per heavy atom. The lowest BCUT2D eigenvalue weighted by molar-refractivity contribution is -0.135. The summed E-state index contributed by atoms with van der Waals surface area (Å²) < 4.78 is 1.96. The number of hydrogen-bond acceptors (Lipinski definition) is 6. The SMILES string of the molecule is CCn1ncnc1CN1CCC2(CC1)CCN(C(=O)CSC)C[C@H]2CO. The fraction of sp³-hybridized carbons (Fsp3) is 0.833. The number of aromatic nitrogens is 3. The summed E-state index contributed by atoms with van der Waals surface area (Å²) in [7, 11) is 0. The van der Waals surface area contributed by atoms with E-state index in [9.17, 15) is 9.90 Å². The van der Waals surface area contributed by atoms with Crippen molar-refractivity contribution in [3.63, 3.8) is 0 Å². The van der Waals surface area contributed by atoms with Gasteiger partial charge in [0.05, 0.1) is 12.3 Å². The summed E-state index contributed by atoms with van der Waals surface area (Å²) in [5.41, 5.74) is 0.180. The number of thioether (sulfide) groups is 1. The Bertz CT molecular complexity index is 600. The van der Waals surface area contributed by atoms with Crippen molar-refractivity contribution in [2.75, 3.05) is 44.8 Å². The number of nitrogens with zero attached hydrogens (tertiary/aromatic N) is 5. The van der Waals surface area contributed by atoms with Gasteiger partial charge in [0.15, 0.2) is 0 Å². The minimum atomic E-state index is 0.174. The molecule has 146 valence electrons. The number of likely N-dealkylation sites (tertiary alicyclic amines) is 2. The Kier molecular flexibility index (Phi) is 6.58. The molecule has 1 aromatic rings. The molecule has 2 saturated heterocycles. The Hall–Kier alpha value is -1.12. The van der Waals surface area contributed by atoms with E-state index in [1.165, 1.54) is 0 Å². The molecule has 1 spiro atoms. The molecule has 1 aromatic heterocycles. The van der Waals surface area contributed by atoms with Gasteiger partial charge in [-0.1, -0.05) is 0 Å². The second kappa shape index (κ2) is 8.71. The van der Waals surface area contributed by atoms with Crippen molar-refractivity contribution in [3.8, 4) is 0 Å². The van der Waals surface area contributed by atoms with Crippen LogP contribution < -0.4 is 0 Å². The first-order valence-electron chi connectivity index (χ1n) is 9.58. The summed E-state index contributed by atoms with van der Waals surface area (Å²) in [4.78, 5) is 21.0. The van der Waals surface area contributed by atoms with Crippen LogP contribution in [0, 0.1) is 11.3 Å². The van der Waals surface area contributed by atoms with E-state index in [1.807, 2.05) is 15.8 Å². The first kappa shape index (κ1) is 19.6. The van der Waals surface area contributed by atoms with Gasteiger partial charge < -0.3 is 10.0 Å². The molecule has 1 N–H and O–H groups in total. The molecule has 2 aliphatic heterocycles. The Labute approximate surface area is 160 Å². The van der Waals surface area contributed by atoms with Crippen molar-refractivity contribution in [2.24, 2.45) is 11.3 Å². The van der Waals surface area contributed by atoms with Crippen molar-refractivity contribution in [1.29, 1.82) is 0 Å². The number of carbonyl (C=O) groups is 1. The maximum atomic E-state index is 12.2. The molecule has 0 aliphatic carbocycles. The highest BCUT2D eigenvalue weighted by Gasteiger charge is 2.45. The van der Waals surface area contributed by atoms with Crippen molar-refractivity contribution in [1.82, 2.24) is 24.6 Å². The summed E-state index contributed by atoms with van der Waals surface area (Å²) in [5, 5.41) is 14.3. The molecule has 2 aliphatic rings. The Morgan fingerprint density at radius 2 is 2.08 bits per heavy atom. The van der Waals surface area contributed by atoms with E-state index in [1.54, 1.807) is 18.1 Å². The van der Waals surface area contributed by atoms with Crippen LogP contribution in [-0.2, 0) is 17.9 Å². The van der Waals surface area contributed by atoms with Crippen molar-refractivity contribution < 1.29 is 9.90 Å². The van der Waals surface area contributed by atoms with E-state index >= 15 is 0 Å². The van der Waals surface area contributed by atoms with Gasteiger partial charge in [0, 0.05) is 32.2 Å². The van der Waals surface area contributed by atoms with E-state index in [0.29, 0.717) is 12.3 Å². The molecule has 0 radical (unpaired) electrons. The van der Waals surface area contributed by atoms with Crippen molar-refractivity contribution in [3.05, 3.63) is 12.2 Å². The highest BCUT2D eigenvalue weighted by molar-refractivity contribution is 7.99. The Balaban J connectivity index is 1.58. The van der Waals surface area contributed by atoms with Crippen molar-refractivity contribution >= 4 is 17.7 Å². The van der Waals surface area contributed by atoms with Crippen LogP contribution in [0.5, 0.6) is 0 Å². The van der Waals surface area contributed by atoms with Gasteiger partial charge in [-0.05, 0) is 50.9 Å². The fourth-order valence-corrected chi connectivity index (χ4v) is 4.92. The molecular weight excluding hydrogens is 350 g/mol. The van der Waals surface area contributed by atoms with Crippen LogP contribution in [0.3, 0.4) is 0 Å². The third-order valence-corrected chi connectivity index (χ3v) is 6.78. The molecular formula is C18H31N5O2S. The van der Waals surface area contributed by atoms with E-state index in [4.69, 9.17) is 0 Å². The van der Waals surface area contributed by atoms with Crippen LogP contribution in [0.2, 0.25) is 0 Å². The van der Waals surface area contributed by atoms with Gasteiger partial charge in [0.1, 0.15) is 12.2 Å². The summed E-state index contributed by atoms with van der Waals surface area (Å²) in [6.07, 6.45) is 6.78. The first-order valence-corrected chi connectivity index (χ1v) is 11.0. The number of carbonyl (C=O) groups excluding carboxylic acids is 1. The molecule has 0 bridgehead atoms. The second-order valence-electron chi connectivity index (χ2n) is 7.53. The van der Waals surface area contributed by atoms with E-state index in [-0.39, 0.29) is 23.8 Å². The smallest absolute Gasteiger partial charge is 0.232 e.